The molecule has 1 saturated carbocycles. The number of nitrogens with zero attached hydrogens (tertiary/aromatic N) is 2. The molecule has 0 N–H and O–H groups in total. The van der Waals surface area contributed by atoms with Crippen LogP contribution >= 0.6 is 0 Å². The van der Waals surface area contributed by atoms with Crippen LogP contribution < -0.4 is 0 Å². The Balaban J connectivity index is 1.94. The molecule has 2 rings (SSSR count). The molecule has 86 valence electrons. The topological polar surface area (TPSA) is 23.6 Å². The first-order chi connectivity index (χ1) is 7.18. The average Bonchev–Trinajstić information content (AvgIpc) is 2.64. The fourth-order valence-corrected chi connectivity index (χ4v) is 2.87. The van der Waals surface area contributed by atoms with Gasteiger partial charge >= 0.3 is 0 Å². The van der Waals surface area contributed by atoms with E-state index in [0.29, 0.717) is 11.8 Å². The Morgan fingerprint density at radius 2 is 2.07 bits per heavy atom. The largest absolute Gasteiger partial charge is 0.305 e. The van der Waals surface area contributed by atoms with Gasteiger partial charge in [-0.25, -0.2) is 0 Å². The molecular weight excluding hydrogens is 188 g/mol. The molecule has 3 heteroatoms. The summed E-state index contributed by atoms with van der Waals surface area (Å²) >= 11 is 0. The summed E-state index contributed by atoms with van der Waals surface area (Å²) in [7, 11) is 4.29. The van der Waals surface area contributed by atoms with Crippen molar-refractivity contribution in [2.75, 3.05) is 27.2 Å². The number of piperidine rings is 1. The van der Waals surface area contributed by atoms with E-state index in [1.54, 1.807) is 0 Å². The molecule has 0 aromatic carbocycles. The number of Topliss-reactive ketones (excluding diaryl/α,β-unsaturated/α-hetero) is 1. The molecule has 0 aromatic heterocycles. The highest BCUT2D eigenvalue weighted by Gasteiger charge is 2.33. The number of hydrogen-bond donors (Lipinski definition) is 0. The van der Waals surface area contributed by atoms with Gasteiger partial charge < -0.3 is 4.90 Å². The van der Waals surface area contributed by atoms with Crippen molar-refractivity contribution in [3.05, 3.63) is 0 Å². The Morgan fingerprint density at radius 3 is 2.67 bits per heavy atom. The molecule has 1 saturated heterocycles. The third kappa shape index (κ3) is 2.40. The predicted molar refractivity (Wildman–Crippen MR) is 60.9 cm³/mol. The summed E-state index contributed by atoms with van der Waals surface area (Å²) in [6.45, 7) is 2.21. The molecule has 0 amide bonds. The van der Waals surface area contributed by atoms with Gasteiger partial charge in [0.15, 0.2) is 0 Å². The second-order valence-corrected chi connectivity index (χ2v) is 5.13. The van der Waals surface area contributed by atoms with Gasteiger partial charge in [0.2, 0.25) is 0 Å². The van der Waals surface area contributed by atoms with E-state index in [4.69, 9.17) is 0 Å². The Hall–Kier alpha value is -0.410. The van der Waals surface area contributed by atoms with Crippen LogP contribution in [0.2, 0.25) is 0 Å². The van der Waals surface area contributed by atoms with Gasteiger partial charge in [-0.15, -0.1) is 0 Å². The van der Waals surface area contributed by atoms with Crippen LogP contribution in [0.15, 0.2) is 0 Å². The standard InChI is InChI=1S/C12H22N2O/c1-13(2)10-5-4-8-14(9-10)11-6-3-7-12(11)15/h10-11H,3-9H2,1-2H3. The summed E-state index contributed by atoms with van der Waals surface area (Å²) in [5.41, 5.74) is 0. The van der Waals surface area contributed by atoms with Crippen molar-refractivity contribution in [2.24, 2.45) is 0 Å². The number of ketones is 1. The van der Waals surface area contributed by atoms with Crippen molar-refractivity contribution in [1.29, 1.82) is 0 Å². The zero-order chi connectivity index (χ0) is 10.8. The molecule has 2 unspecified atom stereocenters. The molecule has 1 heterocycles. The van der Waals surface area contributed by atoms with E-state index in [1.807, 2.05) is 0 Å². The summed E-state index contributed by atoms with van der Waals surface area (Å²) in [6.07, 6.45) is 5.54. The number of rotatable bonds is 2. The third-order valence-electron chi connectivity index (χ3n) is 3.87. The van der Waals surface area contributed by atoms with E-state index in [9.17, 15) is 4.79 Å². The lowest BCUT2D eigenvalue weighted by molar-refractivity contribution is -0.122. The van der Waals surface area contributed by atoms with Crippen LogP contribution in [0.4, 0.5) is 0 Å². The fourth-order valence-electron chi connectivity index (χ4n) is 2.87. The van der Waals surface area contributed by atoms with Crippen molar-refractivity contribution < 1.29 is 4.79 Å². The second-order valence-electron chi connectivity index (χ2n) is 5.13. The van der Waals surface area contributed by atoms with Gasteiger partial charge in [-0.3, -0.25) is 9.69 Å². The minimum absolute atomic E-state index is 0.257. The summed E-state index contributed by atoms with van der Waals surface area (Å²) in [5, 5.41) is 0. The van der Waals surface area contributed by atoms with Crippen LogP contribution in [0.25, 0.3) is 0 Å². The normalized spacial score (nSPS) is 33.9. The first kappa shape index (κ1) is 11.1. The number of hydrogen-bond acceptors (Lipinski definition) is 3. The molecular formula is C12H22N2O. The van der Waals surface area contributed by atoms with E-state index in [0.717, 1.165) is 32.4 Å². The highest BCUT2D eigenvalue weighted by Crippen LogP contribution is 2.24. The maximum absolute atomic E-state index is 11.7. The molecule has 2 fully saturated rings. The third-order valence-corrected chi connectivity index (χ3v) is 3.87. The molecule has 3 nitrogen and oxygen atoms in total. The highest BCUT2D eigenvalue weighted by atomic mass is 16.1. The maximum atomic E-state index is 11.7. The molecule has 0 radical (unpaired) electrons. The van der Waals surface area contributed by atoms with E-state index in [-0.39, 0.29) is 6.04 Å². The summed E-state index contributed by atoms with van der Waals surface area (Å²) in [6, 6.07) is 0.903. The van der Waals surface area contributed by atoms with Crippen LogP contribution in [-0.2, 0) is 4.79 Å². The van der Waals surface area contributed by atoms with Gasteiger partial charge in [-0.2, -0.15) is 0 Å². The Kier molecular flexibility index (Phi) is 3.42. The molecule has 1 aliphatic carbocycles. The Morgan fingerprint density at radius 1 is 1.27 bits per heavy atom. The second kappa shape index (κ2) is 4.62. The van der Waals surface area contributed by atoms with E-state index in [1.165, 1.54) is 12.8 Å². The lowest BCUT2D eigenvalue weighted by Gasteiger charge is -2.38. The zero-order valence-corrected chi connectivity index (χ0v) is 9.91. The molecule has 1 aliphatic heterocycles. The Labute approximate surface area is 92.4 Å². The van der Waals surface area contributed by atoms with Crippen LogP contribution in [0, 0.1) is 0 Å². The van der Waals surface area contributed by atoms with E-state index in [2.05, 4.69) is 23.9 Å². The molecule has 0 bridgehead atoms. The van der Waals surface area contributed by atoms with Gasteiger partial charge in [0, 0.05) is 19.0 Å². The van der Waals surface area contributed by atoms with Crippen molar-refractivity contribution in [3.8, 4) is 0 Å². The lowest BCUT2D eigenvalue weighted by atomic mass is 10.0. The summed E-state index contributed by atoms with van der Waals surface area (Å²) in [5.74, 6) is 0.481. The minimum atomic E-state index is 0.257. The molecule has 2 aliphatic rings. The minimum Gasteiger partial charge on any atom is -0.305 e. The lowest BCUT2D eigenvalue weighted by Crippen LogP contribution is -2.50. The van der Waals surface area contributed by atoms with Crippen molar-refractivity contribution in [2.45, 2.75) is 44.2 Å². The average molecular weight is 210 g/mol. The van der Waals surface area contributed by atoms with Crippen molar-refractivity contribution in [1.82, 2.24) is 9.80 Å². The number of likely N-dealkylation sites (N-methyl/N-ethyl adjacent to an activating group) is 1. The van der Waals surface area contributed by atoms with Crippen LogP contribution in [0.1, 0.15) is 32.1 Å². The van der Waals surface area contributed by atoms with Crippen LogP contribution in [0.5, 0.6) is 0 Å². The van der Waals surface area contributed by atoms with Crippen molar-refractivity contribution >= 4 is 5.78 Å². The van der Waals surface area contributed by atoms with Gasteiger partial charge in [0.05, 0.1) is 6.04 Å². The molecule has 15 heavy (non-hydrogen) atoms. The first-order valence-corrected chi connectivity index (χ1v) is 6.11. The predicted octanol–water partition coefficient (Wildman–Crippen LogP) is 1.13. The van der Waals surface area contributed by atoms with Crippen molar-refractivity contribution in [3.63, 3.8) is 0 Å². The Bertz CT molecular complexity index is 240. The quantitative estimate of drug-likeness (QED) is 0.683. The van der Waals surface area contributed by atoms with E-state index < -0.39 is 0 Å². The monoisotopic (exact) mass is 210 g/mol. The molecule has 2 atom stereocenters. The molecule has 0 spiro atoms. The van der Waals surface area contributed by atoms with Gasteiger partial charge in [0.1, 0.15) is 5.78 Å². The summed E-state index contributed by atoms with van der Waals surface area (Å²) in [4.78, 5) is 16.4. The number of carbonyl (C=O) groups excluding carboxylic acids is 1. The van der Waals surface area contributed by atoms with Gasteiger partial charge in [-0.1, -0.05) is 0 Å². The van der Waals surface area contributed by atoms with Gasteiger partial charge in [0.25, 0.3) is 0 Å². The number of likely N-dealkylation sites (tertiary alicyclic amines) is 1. The molecule has 0 aromatic rings. The van der Waals surface area contributed by atoms with Gasteiger partial charge in [-0.05, 0) is 46.3 Å². The smallest absolute Gasteiger partial charge is 0.149 e. The highest BCUT2D eigenvalue weighted by molar-refractivity contribution is 5.85. The van der Waals surface area contributed by atoms with Crippen LogP contribution in [-0.4, -0.2) is 54.9 Å². The zero-order valence-electron chi connectivity index (χ0n) is 9.91. The maximum Gasteiger partial charge on any atom is 0.149 e. The van der Waals surface area contributed by atoms with Crippen LogP contribution in [0.3, 0.4) is 0 Å². The first-order valence-electron chi connectivity index (χ1n) is 6.11. The SMILES string of the molecule is CN(C)C1CCCN(C2CCCC2=O)C1. The fraction of sp³-hybridized carbons (Fsp3) is 0.917. The summed E-state index contributed by atoms with van der Waals surface area (Å²) < 4.78 is 0. The van der Waals surface area contributed by atoms with E-state index >= 15 is 0 Å². The number of carbonyl (C=O) groups is 1.